The summed E-state index contributed by atoms with van der Waals surface area (Å²) in [6.45, 7) is 0.343. The van der Waals surface area contributed by atoms with E-state index in [1.54, 1.807) is 6.20 Å². The lowest BCUT2D eigenvalue weighted by Crippen LogP contribution is -1.99. The Bertz CT molecular complexity index is 818. The number of nitrogens with zero attached hydrogens (tertiary/aromatic N) is 2. The summed E-state index contributed by atoms with van der Waals surface area (Å²) in [6.07, 6.45) is 1.71. The van der Waals surface area contributed by atoms with Crippen molar-refractivity contribution in [2.75, 3.05) is 12.4 Å². The molecule has 5 heteroatoms. The summed E-state index contributed by atoms with van der Waals surface area (Å²) < 4.78 is 11.3. The summed E-state index contributed by atoms with van der Waals surface area (Å²) >= 11 is 0. The number of para-hydroxylation sites is 1. The van der Waals surface area contributed by atoms with Crippen molar-refractivity contribution in [1.29, 1.82) is 5.26 Å². The van der Waals surface area contributed by atoms with Gasteiger partial charge in [0.15, 0.2) is 5.75 Å². The third-order valence-corrected chi connectivity index (χ3v) is 3.12. The number of anilines is 1. The molecule has 3 rings (SSSR count). The van der Waals surface area contributed by atoms with Crippen LogP contribution in [0.1, 0.15) is 11.3 Å². The summed E-state index contributed by atoms with van der Waals surface area (Å²) in [5, 5.41) is 12.9. The predicted octanol–water partition coefficient (Wildman–Crippen LogP) is 3.32. The lowest BCUT2D eigenvalue weighted by Gasteiger charge is -2.06. The lowest BCUT2D eigenvalue weighted by molar-refractivity contribution is 0.303. The third kappa shape index (κ3) is 2.51. The molecule has 1 N–H and O–H groups in total. The molecule has 2 heterocycles. The number of rotatable bonds is 4. The van der Waals surface area contributed by atoms with E-state index in [1.807, 2.05) is 49.5 Å². The molecule has 0 atom stereocenters. The zero-order chi connectivity index (χ0) is 14.7. The normalized spacial score (nSPS) is 10.3. The second-order valence-electron chi connectivity index (χ2n) is 4.46. The standard InChI is InChI=1S/C16H13N3O2/c1-18-15-8-11(6-7-19-15)10-20-16-12-4-2-3-5-13(12)21-14(16)9-17/h2-8H,10H2,1H3,(H,18,19). The average Bonchev–Trinajstić information content (AvgIpc) is 2.91. The molecule has 21 heavy (non-hydrogen) atoms. The van der Waals surface area contributed by atoms with E-state index in [0.717, 1.165) is 16.8 Å². The SMILES string of the molecule is CNc1cc(COc2c(C#N)oc3ccccc23)ccn1. The fraction of sp³-hybridized carbons (Fsp3) is 0.125. The topological polar surface area (TPSA) is 71.1 Å². The van der Waals surface area contributed by atoms with Crippen molar-refractivity contribution < 1.29 is 9.15 Å². The zero-order valence-corrected chi connectivity index (χ0v) is 11.5. The van der Waals surface area contributed by atoms with Crippen LogP contribution < -0.4 is 10.1 Å². The van der Waals surface area contributed by atoms with Gasteiger partial charge in [-0.1, -0.05) is 12.1 Å². The van der Waals surface area contributed by atoms with Crippen LogP contribution in [0.25, 0.3) is 11.0 Å². The minimum absolute atomic E-state index is 0.194. The van der Waals surface area contributed by atoms with Crippen LogP contribution in [0, 0.1) is 11.3 Å². The molecule has 2 aromatic heterocycles. The second-order valence-corrected chi connectivity index (χ2v) is 4.46. The number of nitrogens with one attached hydrogen (secondary N) is 1. The Balaban J connectivity index is 1.89. The van der Waals surface area contributed by atoms with Crippen LogP contribution in [0.15, 0.2) is 47.0 Å². The summed E-state index contributed by atoms with van der Waals surface area (Å²) in [6, 6.07) is 13.2. The summed E-state index contributed by atoms with van der Waals surface area (Å²) in [5.41, 5.74) is 1.61. The molecule has 0 aliphatic rings. The lowest BCUT2D eigenvalue weighted by atomic mass is 10.2. The molecule has 0 radical (unpaired) electrons. The van der Waals surface area contributed by atoms with Gasteiger partial charge in [0, 0.05) is 13.2 Å². The Kier molecular flexibility index (Phi) is 3.44. The van der Waals surface area contributed by atoms with Gasteiger partial charge in [0.05, 0.1) is 5.39 Å². The van der Waals surface area contributed by atoms with Gasteiger partial charge in [0.2, 0.25) is 5.76 Å². The van der Waals surface area contributed by atoms with E-state index in [9.17, 15) is 0 Å². The number of aromatic nitrogens is 1. The quantitative estimate of drug-likeness (QED) is 0.793. The third-order valence-electron chi connectivity index (χ3n) is 3.12. The Morgan fingerprint density at radius 3 is 3.00 bits per heavy atom. The van der Waals surface area contributed by atoms with Crippen LogP contribution >= 0.6 is 0 Å². The molecule has 0 fully saturated rings. The second kappa shape index (κ2) is 5.55. The van der Waals surface area contributed by atoms with E-state index < -0.39 is 0 Å². The van der Waals surface area contributed by atoms with Crippen LogP contribution in [0.3, 0.4) is 0 Å². The largest absolute Gasteiger partial charge is 0.483 e. The maximum Gasteiger partial charge on any atom is 0.246 e. The maximum atomic E-state index is 9.16. The van der Waals surface area contributed by atoms with Gasteiger partial charge >= 0.3 is 0 Å². The van der Waals surface area contributed by atoms with Gasteiger partial charge < -0.3 is 14.5 Å². The van der Waals surface area contributed by atoms with Crippen LogP contribution in [-0.2, 0) is 6.61 Å². The van der Waals surface area contributed by atoms with Gasteiger partial charge in [-0.2, -0.15) is 5.26 Å². The first-order valence-corrected chi connectivity index (χ1v) is 6.49. The number of fused-ring (bicyclic) bond motifs is 1. The van der Waals surface area contributed by atoms with E-state index in [1.165, 1.54) is 0 Å². The Hall–Kier alpha value is -3.00. The Morgan fingerprint density at radius 2 is 2.19 bits per heavy atom. The molecular weight excluding hydrogens is 266 g/mol. The first kappa shape index (κ1) is 13.0. The fourth-order valence-electron chi connectivity index (χ4n) is 2.10. The smallest absolute Gasteiger partial charge is 0.246 e. The number of nitriles is 1. The molecule has 0 aliphatic heterocycles. The summed E-state index contributed by atoms with van der Waals surface area (Å²) in [7, 11) is 1.81. The number of hydrogen-bond donors (Lipinski definition) is 1. The highest BCUT2D eigenvalue weighted by Crippen LogP contribution is 2.33. The van der Waals surface area contributed by atoms with Gasteiger partial charge in [-0.15, -0.1) is 0 Å². The monoisotopic (exact) mass is 279 g/mol. The van der Waals surface area contributed by atoms with Crippen molar-refractivity contribution in [3.8, 4) is 11.8 Å². The molecule has 0 aliphatic carbocycles. The average molecular weight is 279 g/mol. The number of pyridine rings is 1. The first-order chi connectivity index (χ1) is 10.3. The van der Waals surface area contributed by atoms with Crippen LogP contribution in [-0.4, -0.2) is 12.0 Å². The fourth-order valence-corrected chi connectivity index (χ4v) is 2.10. The zero-order valence-electron chi connectivity index (χ0n) is 11.5. The minimum Gasteiger partial charge on any atom is -0.483 e. The van der Waals surface area contributed by atoms with Gasteiger partial charge in [0.1, 0.15) is 24.1 Å². The highest BCUT2D eigenvalue weighted by Gasteiger charge is 2.15. The van der Waals surface area contributed by atoms with E-state index in [2.05, 4.69) is 10.3 Å². The number of hydrogen-bond acceptors (Lipinski definition) is 5. The van der Waals surface area contributed by atoms with E-state index in [-0.39, 0.29) is 5.76 Å². The van der Waals surface area contributed by atoms with Crippen LogP contribution in [0.5, 0.6) is 5.75 Å². The van der Waals surface area contributed by atoms with Crippen LogP contribution in [0.4, 0.5) is 5.82 Å². The number of benzene rings is 1. The number of furan rings is 1. The van der Waals surface area contributed by atoms with E-state index in [0.29, 0.717) is 17.9 Å². The molecule has 0 saturated carbocycles. The molecule has 5 nitrogen and oxygen atoms in total. The molecule has 0 bridgehead atoms. The van der Waals surface area contributed by atoms with Gasteiger partial charge in [0.25, 0.3) is 0 Å². The van der Waals surface area contributed by atoms with Gasteiger partial charge in [-0.3, -0.25) is 0 Å². The van der Waals surface area contributed by atoms with Crippen molar-refractivity contribution >= 4 is 16.8 Å². The predicted molar refractivity (Wildman–Crippen MR) is 79.0 cm³/mol. The van der Waals surface area contributed by atoms with Crippen molar-refractivity contribution in [3.05, 3.63) is 53.9 Å². The van der Waals surface area contributed by atoms with Crippen molar-refractivity contribution in [3.63, 3.8) is 0 Å². The first-order valence-electron chi connectivity index (χ1n) is 6.49. The molecular formula is C16H13N3O2. The number of ether oxygens (including phenoxy) is 1. The molecule has 0 amide bonds. The molecule has 0 saturated heterocycles. The molecule has 0 unspecified atom stereocenters. The van der Waals surface area contributed by atoms with Crippen molar-refractivity contribution in [2.45, 2.75) is 6.61 Å². The van der Waals surface area contributed by atoms with Crippen LogP contribution in [0.2, 0.25) is 0 Å². The van der Waals surface area contributed by atoms with E-state index in [4.69, 9.17) is 14.4 Å². The summed E-state index contributed by atoms with van der Waals surface area (Å²) in [5.74, 6) is 1.45. The van der Waals surface area contributed by atoms with Crippen molar-refractivity contribution in [1.82, 2.24) is 4.98 Å². The van der Waals surface area contributed by atoms with Gasteiger partial charge in [-0.25, -0.2) is 4.98 Å². The van der Waals surface area contributed by atoms with Crippen molar-refractivity contribution in [2.24, 2.45) is 0 Å². The Labute approximate surface area is 121 Å². The maximum absolute atomic E-state index is 9.16. The molecule has 1 aromatic carbocycles. The molecule has 0 spiro atoms. The summed E-state index contributed by atoms with van der Waals surface area (Å²) in [4.78, 5) is 4.15. The molecule has 104 valence electrons. The molecule has 3 aromatic rings. The van der Waals surface area contributed by atoms with Gasteiger partial charge in [-0.05, 0) is 29.8 Å². The highest BCUT2D eigenvalue weighted by atomic mass is 16.5. The Morgan fingerprint density at radius 1 is 1.33 bits per heavy atom. The highest BCUT2D eigenvalue weighted by molar-refractivity contribution is 5.86. The minimum atomic E-state index is 0.194. The van der Waals surface area contributed by atoms with E-state index >= 15 is 0 Å².